The number of nitro groups is 1. The molecular formula is C15H18FN7O3. The Morgan fingerprint density at radius 2 is 1.77 bits per heavy atom. The van der Waals surface area contributed by atoms with Gasteiger partial charge in [0, 0.05) is 5.54 Å². The fraction of sp³-hybridized carbons (Fsp3) is 0.267. The second kappa shape index (κ2) is 7.70. The van der Waals surface area contributed by atoms with E-state index in [-0.39, 0.29) is 22.7 Å². The molecule has 26 heavy (non-hydrogen) atoms. The Balaban J connectivity index is 2.20. The molecule has 0 aliphatic rings. The molecule has 0 saturated heterocycles. The number of nitrogens with zero attached hydrogens (tertiary/aromatic N) is 3. The molecule has 0 spiro atoms. The van der Waals surface area contributed by atoms with E-state index in [0.717, 1.165) is 12.4 Å². The van der Waals surface area contributed by atoms with Crippen molar-refractivity contribution in [3.8, 4) is 0 Å². The smallest absolute Gasteiger partial charge is 0.299 e. The number of halogens is 1. The highest BCUT2D eigenvalue weighted by Crippen LogP contribution is 2.28. The second-order valence-corrected chi connectivity index (χ2v) is 6.24. The van der Waals surface area contributed by atoms with Crippen LogP contribution in [0.4, 0.5) is 21.7 Å². The molecule has 0 fully saturated rings. The monoisotopic (exact) mass is 363 g/mol. The summed E-state index contributed by atoms with van der Waals surface area (Å²) in [4.78, 5) is 30.3. The number of benzene rings is 1. The van der Waals surface area contributed by atoms with Crippen LogP contribution >= 0.6 is 0 Å². The third-order valence-electron chi connectivity index (χ3n) is 2.97. The summed E-state index contributed by atoms with van der Waals surface area (Å²) < 4.78 is 13.6. The van der Waals surface area contributed by atoms with E-state index in [0.29, 0.717) is 0 Å². The number of hydrazine groups is 2. The quantitative estimate of drug-likeness (QED) is 0.452. The predicted octanol–water partition coefficient (Wildman–Crippen LogP) is 2.00. The summed E-state index contributed by atoms with van der Waals surface area (Å²) in [6.45, 7) is 5.54. The van der Waals surface area contributed by atoms with Crippen LogP contribution in [0.5, 0.6) is 0 Å². The van der Waals surface area contributed by atoms with E-state index in [1.807, 2.05) is 20.8 Å². The lowest BCUT2D eigenvalue weighted by atomic mass is 10.1. The van der Waals surface area contributed by atoms with E-state index in [2.05, 4.69) is 31.7 Å². The van der Waals surface area contributed by atoms with E-state index in [9.17, 15) is 19.3 Å². The number of amides is 1. The van der Waals surface area contributed by atoms with Gasteiger partial charge >= 0.3 is 5.69 Å². The first kappa shape index (κ1) is 19.0. The Labute approximate surface area is 148 Å². The Kier molecular flexibility index (Phi) is 5.62. The zero-order valence-corrected chi connectivity index (χ0v) is 14.3. The van der Waals surface area contributed by atoms with Crippen LogP contribution in [0, 0.1) is 15.9 Å². The second-order valence-electron chi connectivity index (χ2n) is 6.24. The van der Waals surface area contributed by atoms with E-state index >= 15 is 0 Å². The Morgan fingerprint density at radius 3 is 2.35 bits per heavy atom. The van der Waals surface area contributed by atoms with Crippen molar-refractivity contribution in [3.05, 3.63) is 52.1 Å². The molecule has 1 heterocycles. The minimum Gasteiger partial charge on any atom is -0.299 e. The average Bonchev–Trinajstić information content (AvgIpc) is 2.57. The van der Waals surface area contributed by atoms with Crippen molar-refractivity contribution in [2.75, 3.05) is 10.9 Å². The van der Waals surface area contributed by atoms with Crippen LogP contribution in [0.2, 0.25) is 0 Å². The van der Waals surface area contributed by atoms with Crippen molar-refractivity contribution in [1.82, 2.24) is 20.8 Å². The van der Waals surface area contributed by atoms with Gasteiger partial charge in [0.2, 0.25) is 11.6 Å². The molecule has 0 aliphatic carbocycles. The van der Waals surface area contributed by atoms with Gasteiger partial charge in [-0.2, -0.15) is 0 Å². The molecule has 0 bridgehead atoms. The number of hydrogen-bond donors (Lipinski definition) is 4. The minimum absolute atomic E-state index is 0.0948. The molecule has 0 atom stereocenters. The van der Waals surface area contributed by atoms with Gasteiger partial charge in [0.1, 0.15) is 12.1 Å². The molecule has 2 aromatic rings. The van der Waals surface area contributed by atoms with Gasteiger partial charge in [-0.3, -0.25) is 31.2 Å². The van der Waals surface area contributed by atoms with Gasteiger partial charge in [-0.1, -0.05) is 12.1 Å². The summed E-state index contributed by atoms with van der Waals surface area (Å²) >= 11 is 0. The Bertz CT molecular complexity index is 823. The van der Waals surface area contributed by atoms with Crippen molar-refractivity contribution in [1.29, 1.82) is 0 Å². The molecule has 4 N–H and O–H groups in total. The molecule has 1 amide bonds. The number of hydrogen-bond acceptors (Lipinski definition) is 8. The topological polar surface area (TPSA) is 134 Å². The number of carbonyl (C=O) groups is 1. The predicted molar refractivity (Wildman–Crippen MR) is 92.7 cm³/mol. The summed E-state index contributed by atoms with van der Waals surface area (Å²) in [7, 11) is 0. The van der Waals surface area contributed by atoms with Crippen molar-refractivity contribution < 1.29 is 14.1 Å². The zero-order chi connectivity index (χ0) is 19.3. The Hall–Kier alpha value is -3.34. The number of aromatic nitrogens is 2. The van der Waals surface area contributed by atoms with Gasteiger partial charge in [0.15, 0.2) is 0 Å². The Morgan fingerprint density at radius 1 is 1.15 bits per heavy atom. The molecule has 0 unspecified atom stereocenters. The van der Waals surface area contributed by atoms with Gasteiger partial charge < -0.3 is 0 Å². The minimum atomic E-state index is -0.807. The average molecular weight is 363 g/mol. The maximum Gasteiger partial charge on any atom is 0.356 e. The lowest BCUT2D eigenvalue weighted by Crippen LogP contribution is -2.40. The van der Waals surface area contributed by atoms with E-state index < -0.39 is 22.3 Å². The fourth-order valence-electron chi connectivity index (χ4n) is 1.81. The van der Waals surface area contributed by atoms with Crippen molar-refractivity contribution in [3.63, 3.8) is 0 Å². The molecule has 2 rings (SSSR count). The summed E-state index contributed by atoms with van der Waals surface area (Å²) in [5.41, 5.74) is 8.92. The maximum absolute atomic E-state index is 13.6. The lowest BCUT2D eigenvalue weighted by Gasteiger charge is -2.21. The molecule has 11 heteroatoms. The van der Waals surface area contributed by atoms with Gasteiger partial charge in [-0.25, -0.2) is 19.8 Å². The lowest BCUT2D eigenvalue weighted by molar-refractivity contribution is -0.383. The highest BCUT2D eigenvalue weighted by molar-refractivity contribution is 5.95. The van der Waals surface area contributed by atoms with Gasteiger partial charge in [-0.05, 0) is 32.9 Å². The first-order valence-corrected chi connectivity index (χ1v) is 7.52. The molecule has 10 nitrogen and oxygen atoms in total. The number of rotatable bonds is 6. The van der Waals surface area contributed by atoms with E-state index in [1.54, 1.807) is 0 Å². The molecule has 138 valence electrons. The number of anilines is 2. The number of carbonyl (C=O) groups excluding carboxylic acids is 1. The highest BCUT2D eigenvalue weighted by Gasteiger charge is 2.24. The van der Waals surface area contributed by atoms with Crippen molar-refractivity contribution >= 4 is 23.2 Å². The molecule has 1 aromatic heterocycles. The largest absolute Gasteiger partial charge is 0.356 e. The third-order valence-corrected chi connectivity index (χ3v) is 2.97. The SMILES string of the molecule is CC(C)(C)NNc1ncnc(NNC(=O)c2ccccc2F)c1[N+](=O)[O-]. The summed E-state index contributed by atoms with van der Waals surface area (Å²) in [5.74, 6) is -1.88. The molecule has 0 aliphatic heterocycles. The van der Waals surface area contributed by atoms with E-state index in [1.165, 1.54) is 18.2 Å². The number of nitrogens with one attached hydrogen (secondary N) is 4. The zero-order valence-electron chi connectivity index (χ0n) is 14.3. The summed E-state index contributed by atoms with van der Waals surface area (Å²) in [5, 5.41) is 11.4. The van der Waals surface area contributed by atoms with Crippen molar-refractivity contribution in [2.45, 2.75) is 26.3 Å². The van der Waals surface area contributed by atoms with Crippen LogP contribution in [0.3, 0.4) is 0 Å². The maximum atomic E-state index is 13.6. The standard InChI is InChI=1S/C15H18FN7O3/c1-15(2,3)22-20-13-11(23(25)26)12(17-8-18-13)19-21-14(24)9-6-4-5-7-10(9)16/h4-8,22H,1-3H3,(H,21,24)(H2,17,18,19,20). The van der Waals surface area contributed by atoms with Gasteiger partial charge in [-0.15, -0.1) is 0 Å². The normalized spacial score (nSPS) is 10.9. The summed E-state index contributed by atoms with van der Waals surface area (Å²) in [6.07, 6.45) is 1.08. The van der Waals surface area contributed by atoms with Crippen LogP contribution in [0.1, 0.15) is 31.1 Å². The molecular weight excluding hydrogens is 345 g/mol. The fourth-order valence-corrected chi connectivity index (χ4v) is 1.81. The van der Waals surface area contributed by atoms with E-state index in [4.69, 9.17) is 0 Å². The highest BCUT2D eigenvalue weighted by atomic mass is 19.1. The van der Waals surface area contributed by atoms with Crippen LogP contribution in [0.25, 0.3) is 0 Å². The first-order valence-electron chi connectivity index (χ1n) is 7.52. The third kappa shape index (κ3) is 4.83. The molecule has 0 saturated carbocycles. The van der Waals surface area contributed by atoms with Crippen LogP contribution in [-0.2, 0) is 0 Å². The molecule has 0 radical (unpaired) electrons. The molecule has 1 aromatic carbocycles. The summed E-state index contributed by atoms with van der Waals surface area (Å²) in [6, 6.07) is 5.34. The first-order chi connectivity index (χ1) is 12.2. The van der Waals surface area contributed by atoms with Crippen molar-refractivity contribution in [2.24, 2.45) is 0 Å². The van der Waals surface area contributed by atoms with Crippen LogP contribution in [0.15, 0.2) is 30.6 Å². The van der Waals surface area contributed by atoms with Gasteiger partial charge in [0.05, 0.1) is 10.5 Å². The van der Waals surface area contributed by atoms with Crippen LogP contribution < -0.4 is 21.7 Å². The van der Waals surface area contributed by atoms with Crippen LogP contribution in [-0.4, -0.2) is 26.3 Å². The van der Waals surface area contributed by atoms with Gasteiger partial charge in [0.25, 0.3) is 5.91 Å².